The van der Waals surface area contributed by atoms with Crippen LogP contribution in [0.25, 0.3) is 0 Å². The average molecular weight is 391 g/mol. The molecule has 1 aliphatic rings. The molecule has 0 bridgehead atoms. The number of anilines is 2. The maximum absolute atomic E-state index is 12.1. The van der Waals surface area contributed by atoms with Crippen LogP contribution in [-0.2, 0) is 9.53 Å². The lowest BCUT2D eigenvalue weighted by Gasteiger charge is -2.29. The summed E-state index contributed by atoms with van der Waals surface area (Å²) >= 11 is 3.36. The van der Waals surface area contributed by atoms with Crippen LogP contribution in [0.5, 0.6) is 5.75 Å². The van der Waals surface area contributed by atoms with E-state index in [0.717, 1.165) is 42.2 Å². The molecule has 1 aliphatic heterocycles. The molecule has 6 heteroatoms. The lowest BCUT2D eigenvalue weighted by Crippen LogP contribution is -2.36. The summed E-state index contributed by atoms with van der Waals surface area (Å²) in [5, 5.41) is 2.87. The zero-order valence-corrected chi connectivity index (χ0v) is 14.8. The summed E-state index contributed by atoms with van der Waals surface area (Å²) in [6.07, 6.45) is 0. The number of hydrogen-bond donors (Lipinski definition) is 1. The first-order valence-electron chi connectivity index (χ1n) is 7.82. The Hall–Kier alpha value is -2.05. The number of nitrogens with one attached hydrogen (secondary N) is 1. The number of hydrogen-bond acceptors (Lipinski definition) is 4. The highest BCUT2D eigenvalue weighted by molar-refractivity contribution is 9.10. The smallest absolute Gasteiger partial charge is 0.262 e. The number of amides is 1. The van der Waals surface area contributed by atoms with Crippen molar-refractivity contribution in [1.29, 1.82) is 0 Å². The Morgan fingerprint density at radius 2 is 1.92 bits per heavy atom. The molecule has 0 aromatic heterocycles. The molecule has 3 rings (SSSR count). The predicted octanol–water partition coefficient (Wildman–Crippen LogP) is 3.30. The van der Waals surface area contributed by atoms with Crippen LogP contribution in [0, 0.1) is 0 Å². The first kappa shape index (κ1) is 16.8. The van der Waals surface area contributed by atoms with E-state index in [1.807, 2.05) is 48.5 Å². The Morgan fingerprint density at radius 3 is 2.67 bits per heavy atom. The fourth-order valence-electron chi connectivity index (χ4n) is 2.48. The molecular formula is C18H19BrN2O3. The summed E-state index contributed by atoms with van der Waals surface area (Å²) in [5.41, 5.74) is 1.85. The van der Waals surface area contributed by atoms with E-state index < -0.39 is 0 Å². The number of rotatable bonds is 5. The van der Waals surface area contributed by atoms with Crippen LogP contribution in [0.4, 0.5) is 11.4 Å². The van der Waals surface area contributed by atoms with Crippen molar-refractivity contribution in [2.75, 3.05) is 43.1 Å². The molecule has 1 heterocycles. The maximum Gasteiger partial charge on any atom is 0.262 e. The van der Waals surface area contributed by atoms with Gasteiger partial charge in [0.1, 0.15) is 5.75 Å². The Labute approximate surface area is 149 Å². The second-order valence-electron chi connectivity index (χ2n) is 5.44. The van der Waals surface area contributed by atoms with Crippen LogP contribution in [0.1, 0.15) is 0 Å². The monoisotopic (exact) mass is 390 g/mol. The molecular weight excluding hydrogens is 372 g/mol. The fraction of sp³-hybridized carbons (Fsp3) is 0.278. The van der Waals surface area contributed by atoms with E-state index in [-0.39, 0.29) is 12.5 Å². The molecule has 0 aliphatic carbocycles. The number of carbonyl (C=O) groups excluding carboxylic acids is 1. The molecule has 2 aromatic carbocycles. The molecule has 5 nitrogen and oxygen atoms in total. The van der Waals surface area contributed by atoms with Crippen molar-refractivity contribution in [2.45, 2.75) is 0 Å². The van der Waals surface area contributed by atoms with Gasteiger partial charge in [-0.15, -0.1) is 0 Å². The number of benzene rings is 2. The second kappa shape index (κ2) is 8.17. The Kier molecular flexibility index (Phi) is 5.72. The topological polar surface area (TPSA) is 50.8 Å². The van der Waals surface area contributed by atoms with Crippen molar-refractivity contribution < 1.29 is 14.3 Å². The summed E-state index contributed by atoms with van der Waals surface area (Å²) in [5.74, 6) is 0.479. The van der Waals surface area contributed by atoms with Gasteiger partial charge in [0, 0.05) is 28.9 Å². The second-order valence-corrected chi connectivity index (χ2v) is 6.36. The molecule has 24 heavy (non-hydrogen) atoms. The van der Waals surface area contributed by atoms with Crippen molar-refractivity contribution in [3.05, 3.63) is 53.0 Å². The van der Waals surface area contributed by atoms with Gasteiger partial charge in [-0.2, -0.15) is 0 Å². The largest absolute Gasteiger partial charge is 0.484 e. The average Bonchev–Trinajstić information content (AvgIpc) is 2.62. The zero-order chi connectivity index (χ0) is 16.8. The zero-order valence-electron chi connectivity index (χ0n) is 13.2. The molecule has 0 saturated carbocycles. The third-order valence-electron chi connectivity index (χ3n) is 3.69. The summed E-state index contributed by atoms with van der Waals surface area (Å²) in [6.45, 7) is 3.17. The molecule has 1 N–H and O–H groups in total. The van der Waals surface area contributed by atoms with Gasteiger partial charge in [-0.25, -0.2) is 0 Å². The van der Waals surface area contributed by atoms with Crippen LogP contribution in [0.3, 0.4) is 0 Å². The molecule has 2 aromatic rings. The van der Waals surface area contributed by atoms with Gasteiger partial charge < -0.3 is 19.7 Å². The number of halogens is 1. The highest BCUT2D eigenvalue weighted by Crippen LogP contribution is 2.21. The summed E-state index contributed by atoms with van der Waals surface area (Å²) in [7, 11) is 0. The van der Waals surface area contributed by atoms with Crippen LogP contribution in [-0.4, -0.2) is 38.8 Å². The minimum Gasteiger partial charge on any atom is -0.484 e. The van der Waals surface area contributed by atoms with Gasteiger partial charge in [-0.1, -0.05) is 22.0 Å². The predicted molar refractivity (Wildman–Crippen MR) is 97.7 cm³/mol. The van der Waals surface area contributed by atoms with Gasteiger partial charge in [0.25, 0.3) is 5.91 Å². The molecule has 0 unspecified atom stereocenters. The molecule has 1 amide bonds. The number of ether oxygens (including phenoxy) is 2. The number of nitrogens with zero attached hydrogens (tertiary/aromatic N) is 1. The van der Waals surface area contributed by atoms with E-state index >= 15 is 0 Å². The fourth-order valence-corrected chi connectivity index (χ4v) is 2.74. The molecule has 1 saturated heterocycles. The van der Waals surface area contributed by atoms with Crippen molar-refractivity contribution in [2.24, 2.45) is 0 Å². The van der Waals surface area contributed by atoms with E-state index in [1.165, 1.54) is 0 Å². The van der Waals surface area contributed by atoms with Gasteiger partial charge in [-0.3, -0.25) is 4.79 Å². The third-order valence-corrected chi connectivity index (χ3v) is 4.22. The number of carbonyl (C=O) groups is 1. The summed E-state index contributed by atoms with van der Waals surface area (Å²) in [6, 6.07) is 15.2. The minimum atomic E-state index is -0.183. The lowest BCUT2D eigenvalue weighted by atomic mass is 10.2. The van der Waals surface area contributed by atoms with Crippen molar-refractivity contribution in [3.63, 3.8) is 0 Å². The van der Waals surface area contributed by atoms with Crippen molar-refractivity contribution >= 4 is 33.2 Å². The lowest BCUT2D eigenvalue weighted by molar-refractivity contribution is -0.118. The first-order chi connectivity index (χ1) is 11.7. The third kappa shape index (κ3) is 4.72. The Bertz CT molecular complexity index is 685. The standard InChI is InChI=1S/C18H19BrN2O3/c19-14-4-6-17(7-5-14)24-13-18(22)20-15-2-1-3-16(12-15)21-8-10-23-11-9-21/h1-7,12H,8-11,13H2,(H,20,22). The van der Waals surface area contributed by atoms with Crippen LogP contribution < -0.4 is 15.0 Å². The van der Waals surface area contributed by atoms with E-state index in [9.17, 15) is 4.79 Å². The van der Waals surface area contributed by atoms with Crippen LogP contribution >= 0.6 is 15.9 Å². The van der Waals surface area contributed by atoms with Gasteiger partial charge in [0.05, 0.1) is 13.2 Å². The van der Waals surface area contributed by atoms with Crippen LogP contribution in [0.15, 0.2) is 53.0 Å². The van der Waals surface area contributed by atoms with E-state index in [1.54, 1.807) is 0 Å². The summed E-state index contributed by atoms with van der Waals surface area (Å²) in [4.78, 5) is 14.3. The van der Waals surface area contributed by atoms with Gasteiger partial charge >= 0.3 is 0 Å². The minimum absolute atomic E-state index is 0.0244. The molecule has 0 spiro atoms. The van der Waals surface area contributed by atoms with Gasteiger partial charge in [-0.05, 0) is 42.5 Å². The van der Waals surface area contributed by atoms with Crippen molar-refractivity contribution in [3.8, 4) is 5.75 Å². The molecule has 0 radical (unpaired) electrons. The first-order valence-corrected chi connectivity index (χ1v) is 8.61. The Morgan fingerprint density at radius 1 is 1.17 bits per heavy atom. The maximum atomic E-state index is 12.1. The van der Waals surface area contributed by atoms with Gasteiger partial charge in [0.2, 0.25) is 0 Å². The highest BCUT2D eigenvalue weighted by atomic mass is 79.9. The van der Waals surface area contributed by atoms with E-state index in [0.29, 0.717) is 5.75 Å². The Balaban J connectivity index is 1.55. The highest BCUT2D eigenvalue weighted by Gasteiger charge is 2.12. The molecule has 1 fully saturated rings. The quantitative estimate of drug-likeness (QED) is 0.850. The normalized spacial score (nSPS) is 14.3. The van der Waals surface area contributed by atoms with Crippen LogP contribution in [0.2, 0.25) is 0 Å². The van der Waals surface area contributed by atoms with E-state index in [4.69, 9.17) is 9.47 Å². The van der Waals surface area contributed by atoms with Gasteiger partial charge in [0.15, 0.2) is 6.61 Å². The molecule has 126 valence electrons. The molecule has 0 atom stereocenters. The van der Waals surface area contributed by atoms with Crippen molar-refractivity contribution in [1.82, 2.24) is 0 Å². The van der Waals surface area contributed by atoms with E-state index in [2.05, 4.69) is 26.1 Å². The number of morpholine rings is 1. The SMILES string of the molecule is O=C(COc1ccc(Br)cc1)Nc1cccc(N2CCOCC2)c1. The summed E-state index contributed by atoms with van der Waals surface area (Å²) < 4.78 is 11.8.